The van der Waals surface area contributed by atoms with Crippen molar-refractivity contribution in [3.8, 4) is 0 Å². The number of rotatable bonds is 9. The number of carbonyl (C=O) groups excluding carboxylic acids is 1. The van der Waals surface area contributed by atoms with E-state index in [1.54, 1.807) is 0 Å². The van der Waals surface area contributed by atoms with Crippen LogP contribution in [0.1, 0.15) is 49.9 Å². The zero-order chi connectivity index (χ0) is 13.2. The fourth-order valence-electron chi connectivity index (χ4n) is 2.04. The standard InChI is InChI=1S/C16H25NO/c1-3-5-13-17(4-2)14-9-12-16(18)15-10-7-6-8-11-15/h6-8,10-11H,3-5,9,12-14H2,1-2H3. The van der Waals surface area contributed by atoms with Crippen LogP contribution in [0.4, 0.5) is 0 Å². The molecule has 2 heteroatoms. The molecular weight excluding hydrogens is 222 g/mol. The molecule has 0 unspecified atom stereocenters. The molecule has 0 aliphatic heterocycles. The van der Waals surface area contributed by atoms with E-state index in [1.807, 2.05) is 30.3 Å². The van der Waals surface area contributed by atoms with Crippen LogP contribution in [0.15, 0.2) is 30.3 Å². The summed E-state index contributed by atoms with van der Waals surface area (Å²) in [4.78, 5) is 14.3. The molecule has 100 valence electrons. The van der Waals surface area contributed by atoms with Gasteiger partial charge in [-0.1, -0.05) is 50.6 Å². The second-order valence-corrected chi connectivity index (χ2v) is 4.68. The van der Waals surface area contributed by atoms with Gasteiger partial charge in [-0.05, 0) is 32.5 Å². The minimum Gasteiger partial charge on any atom is -0.304 e. The molecule has 0 radical (unpaired) electrons. The largest absolute Gasteiger partial charge is 0.304 e. The van der Waals surface area contributed by atoms with E-state index in [9.17, 15) is 4.79 Å². The number of carbonyl (C=O) groups is 1. The van der Waals surface area contributed by atoms with Crippen molar-refractivity contribution in [2.45, 2.75) is 39.5 Å². The Balaban J connectivity index is 2.26. The van der Waals surface area contributed by atoms with Gasteiger partial charge < -0.3 is 4.90 Å². The molecule has 0 saturated heterocycles. The molecule has 0 aromatic heterocycles. The molecule has 0 fully saturated rings. The lowest BCUT2D eigenvalue weighted by Gasteiger charge is -2.19. The molecule has 1 aromatic carbocycles. The molecular formula is C16H25NO. The first-order chi connectivity index (χ1) is 8.77. The second kappa shape index (κ2) is 8.87. The Morgan fingerprint density at radius 2 is 1.72 bits per heavy atom. The Morgan fingerprint density at radius 1 is 1.06 bits per heavy atom. The molecule has 0 spiro atoms. The number of hydrogen-bond donors (Lipinski definition) is 0. The van der Waals surface area contributed by atoms with Crippen molar-refractivity contribution in [1.82, 2.24) is 4.90 Å². The molecule has 0 N–H and O–H groups in total. The van der Waals surface area contributed by atoms with Gasteiger partial charge >= 0.3 is 0 Å². The summed E-state index contributed by atoms with van der Waals surface area (Å²) in [5.74, 6) is 0.266. The van der Waals surface area contributed by atoms with Crippen LogP contribution in [0.5, 0.6) is 0 Å². The van der Waals surface area contributed by atoms with Crippen LogP contribution in [0.2, 0.25) is 0 Å². The smallest absolute Gasteiger partial charge is 0.162 e. The Morgan fingerprint density at radius 3 is 2.33 bits per heavy atom. The summed E-state index contributed by atoms with van der Waals surface area (Å²) >= 11 is 0. The van der Waals surface area contributed by atoms with Gasteiger partial charge in [-0.2, -0.15) is 0 Å². The van der Waals surface area contributed by atoms with Crippen LogP contribution in [0.3, 0.4) is 0 Å². The van der Waals surface area contributed by atoms with Crippen molar-refractivity contribution < 1.29 is 4.79 Å². The summed E-state index contributed by atoms with van der Waals surface area (Å²) in [5, 5.41) is 0. The third-order valence-electron chi connectivity index (χ3n) is 3.25. The lowest BCUT2D eigenvalue weighted by atomic mass is 10.1. The van der Waals surface area contributed by atoms with E-state index in [0.29, 0.717) is 6.42 Å². The van der Waals surface area contributed by atoms with Gasteiger partial charge in [0.1, 0.15) is 0 Å². The summed E-state index contributed by atoms with van der Waals surface area (Å²) in [5.41, 5.74) is 0.842. The number of Topliss-reactive ketones (excluding diaryl/α,β-unsaturated/α-hetero) is 1. The first-order valence-corrected chi connectivity index (χ1v) is 7.08. The van der Waals surface area contributed by atoms with Gasteiger partial charge in [0.2, 0.25) is 0 Å². The third-order valence-corrected chi connectivity index (χ3v) is 3.25. The molecule has 1 aromatic rings. The maximum absolute atomic E-state index is 11.9. The van der Waals surface area contributed by atoms with Crippen LogP contribution in [0.25, 0.3) is 0 Å². The second-order valence-electron chi connectivity index (χ2n) is 4.68. The summed E-state index contributed by atoms with van der Waals surface area (Å²) in [6.07, 6.45) is 4.11. The van der Waals surface area contributed by atoms with Gasteiger partial charge in [-0.25, -0.2) is 0 Å². The Bertz CT molecular complexity index is 334. The lowest BCUT2D eigenvalue weighted by molar-refractivity contribution is 0.0975. The normalized spacial score (nSPS) is 10.8. The molecule has 0 heterocycles. The summed E-state index contributed by atoms with van der Waals surface area (Å²) < 4.78 is 0. The van der Waals surface area contributed by atoms with E-state index in [2.05, 4.69) is 18.7 Å². The number of hydrogen-bond acceptors (Lipinski definition) is 2. The van der Waals surface area contributed by atoms with Crippen molar-refractivity contribution in [3.63, 3.8) is 0 Å². The van der Waals surface area contributed by atoms with Gasteiger partial charge in [0.25, 0.3) is 0 Å². The Hall–Kier alpha value is -1.15. The number of nitrogens with zero attached hydrogens (tertiary/aromatic N) is 1. The van der Waals surface area contributed by atoms with Crippen LogP contribution >= 0.6 is 0 Å². The highest BCUT2D eigenvalue weighted by Crippen LogP contribution is 2.06. The maximum Gasteiger partial charge on any atom is 0.162 e. The van der Waals surface area contributed by atoms with Crippen molar-refractivity contribution in [3.05, 3.63) is 35.9 Å². The fraction of sp³-hybridized carbons (Fsp3) is 0.562. The number of unbranched alkanes of at least 4 members (excludes halogenated alkanes) is 1. The SMILES string of the molecule is CCCCN(CC)CCCC(=O)c1ccccc1. The van der Waals surface area contributed by atoms with E-state index in [0.717, 1.165) is 31.6 Å². The lowest BCUT2D eigenvalue weighted by Crippen LogP contribution is -2.26. The summed E-state index contributed by atoms with van der Waals surface area (Å²) in [7, 11) is 0. The van der Waals surface area contributed by atoms with E-state index in [1.165, 1.54) is 12.8 Å². The van der Waals surface area contributed by atoms with Crippen molar-refractivity contribution >= 4 is 5.78 Å². The molecule has 0 saturated carbocycles. The Labute approximate surface area is 111 Å². The van der Waals surface area contributed by atoms with Gasteiger partial charge in [-0.3, -0.25) is 4.79 Å². The minimum atomic E-state index is 0.266. The van der Waals surface area contributed by atoms with Crippen LogP contribution in [-0.4, -0.2) is 30.3 Å². The number of ketones is 1. The first kappa shape index (κ1) is 14.9. The topological polar surface area (TPSA) is 20.3 Å². The zero-order valence-corrected chi connectivity index (χ0v) is 11.7. The highest BCUT2D eigenvalue weighted by atomic mass is 16.1. The van der Waals surface area contributed by atoms with E-state index in [4.69, 9.17) is 0 Å². The molecule has 18 heavy (non-hydrogen) atoms. The maximum atomic E-state index is 11.9. The quantitative estimate of drug-likeness (QED) is 0.619. The molecule has 0 bridgehead atoms. The van der Waals surface area contributed by atoms with E-state index >= 15 is 0 Å². The third kappa shape index (κ3) is 5.46. The minimum absolute atomic E-state index is 0.266. The average Bonchev–Trinajstić information content (AvgIpc) is 2.43. The summed E-state index contributed by atoms with van der Waals surface area (Å²) in [6.45, 7) is 7.68. The van der Waals surface area contributed by atoms with Gasteiger partial charge in [0, 0.05) is 12.0 Å². The molecule has 0 aliphatic carbocycles. The van der Waals surface area contributed by atoms with Gasteiger partial charge in [-0.15, -0.1) is 0 Å². The van der Waals surface area contributed by atoms with Crippen molar-refractivity contribution in [1.29, 1.82) is 0 Å². The number of benzene rings is 1. The zero-order valence-electron chi connectivity index (χ0n) is 11.7. The highest BCUT2D eigenvalue weighted by Gasteiger charge is 2.06. The first-order valence-electron chi connectivity index (χ1n) is 7.08. The van der Waals surface area contributed by atoms with E-state index < -0.39 is 0 Å². The molecule has 1 rings (SSSR count). The van der Waals surface area contributed by atoms with Crippen molar-refractivity contribution in [2.24, 2.45) is 0 Å². The molecule has 0 atom stereocenters. The summed E-state index contributed by atoms with van der Waals surface area (Å²) in [6, 6.07) is 9.59. The predicted octanol–water partition coefficient (Wildman–Crippen LogP) is 3.77. The van der Waals surface area contributed by atoms with E-state index in [-0.39, 0.29) is 5.78 Å². The van der Waals surface area contributed by atoms with Crippen LogP contribution in [0, 0.1) is 0 Å². The monoisotopic (exact) mass is 247 g/mol. The molecule has 0 amide bonds. The average molecular weight is 247 g/mol. The van der Waals surface area contributed by atoms with Gasteiger partial charge in [0.15, 0.2) is 5.78 Å². The fourth-order valence-corrected chi connectivity index (χ4v) is 2.04. The van der Waals surface area contributed by atoms with Gasteiger partial charge in [0.05, 0.1) is 0 Å². The highest BCUT2D eigenvalue weighted by molar-refractivity contribution is 5.95. The van der Waals surface area contributed by atoms with Crippen molar-refractivity contribution in [2.75, 3.05) is 19.6 Å². The molecule has 2 nitrogen and oxygen atoms in total. The molecule has 0 aliphatic rings. The van der Waals surface area contributed by atoms with Crippen LogP contribution in [-0.2, 0) is 0 Å². The predicted molar refractivity (Wildman–Crippen MR) is 77.0 cm³/mol. The Kier molecular flexibility index (Phi) is 7.35. The van der Waals surface area contributed by atoms with Crippen LogP contribution < -0.4 is 0 Å².